The lowest BCUT2D eigenvalue weighted by Gasteiger charge is -2.12. The minimum Gasteiger partial charge on any atom is -0.488 e. The molecule has 100 valence electrons. The van der Waals surface area contributed by atoms with Gasteiger partial charge in [0, 0.05) is 10.2 Å². The number of nitrogen functional groups attached to an aromatic ring is 1. The summed E-state index contributed by atoms with van der Waals surface area (Å²) in [6, 6.07) is 11.7. The molecule has 2 aromatic carbocycles. The van der Waals surface area contributed by atoms with Gasteiger partial charge in [-0.15, -0.1) is 0 Å². The summed E-state index contributed by atoms with van der Waals surface area (Å²) in [5.41, 5.74) is 6.50. The fraction of sp³-hybridized carbons (Fsp3) is 0.143. The number of rotatable bonds is 4. The topological polar surface area (TPSA) is 35.2 Å². The average Bonchev–Trinajstić information content (AvgIpc) is 2.37. The Labute approximate surface area is 118 Å². The molecule has 19 heavy (non-hydrogen) atoms. The van der Waals surface area contributed by atoms with Crippen molar-refractivity contribution in [3.05, 3.63) is 58.1 Å². The third-order valence-electron chi connectivity index (χ3n) is 2.55. The first-order valence-corrected chi connectivity index (χ1v) is 6.40. The van der Waals surface area contributed by atoms with Crippen molar-refractivity contribution in [3.63, 3.8) is 0 Å². The molecule has 0 aromatic heterocycles. The van der Waals surface area contributed by atoms with Gasteiger partial charge in [-0.1, -0.05) is 28.1 Å². The van der Waals surface area contributed by atoms with Crippen LogP contribution in [0.5, 0.6) is 5.75 Å². The highest BCUT2D eigenvalue weighted by Crippen LogP contribution is 2.31. The van der Waals surface area contributed by atoms with Gasteiger partial charge < -0.3 is 10.5 Å². The minimum absolute atomic E-state index is 0.157. The van der Waals surface area contributed by atoms with Gasteiger partial charge >= 0.3 is 0 Å². The van der Waals surface area contributed by atoms with E-state index in [2.05, 4.69) is 15.9 Å². The number of halogens is 3. The van der Waals surface area contributed by atoms with Crippen LogP contribution in [0.2, 0.25) is 0 Å². The van der Waals surface area contributed by atoms with E-state index in [0.717, 1.165) is 10.0 Å². The summed E-state index contributed by atoms with van der Waals surface area (Å²) in [6.45, 7) is 0.225. The lowest BCUT2D eigenvalue weighted by Crippen LogP contribution is -2.00. The zero-order valence-electron chi connectivity index (χ0n) is 9.95. The number of anilines is 1. The van der Waals surface area contributed by atoms with Gasteiger partial charge in [-0.05, 0) is 35.9 Å². The molecule has 0 atom stereocenters. The molecule has 0 fully saturated rings. The van der Waals surface area contributed by atoms with Crippen LogP contribution < -0.4 is 10.5 Å². The third-order valence-corrected chi connectivity index (χ3v) is 3.05. The molecule has 0 saturated heterocycles. The highest BCUT2D eigenvalue weighted by atomic mass is 79.9. The molecule has 5 heteroatoms. The second-order valence-corrected chi connectivity index (χ2v) is 4.93. The maximum absolute atomic E-state index is 12.9. The van der Waals surface area contributed by atoms with Crippen molar-refractivity contribution >= 4 is 21.6 Å². The van der Waals surface area contributed by atoms with Gasteiger partial charge in [0.2, 0.25) is 0 Å². The van der Waals surface area contributed by atoms with E-state index in [0.29, 0.717) is 5.69 Å². The van der Waals surface area contributed by atoms with Gasteiger partial charge in [-0.2, -0.15) is 0 Å². The summed E-state index contributed by atoms with van der Waals surface area (Å²) in [4.78, 5) is 0. The van der Waals surface area contributed by atoms with Crippen LogP contribution in [0.1, 0.15) is 17.6 Å². The van der Waals surface area contributed by atoms with Gasteiger partial charge in [0.25, 0.3) is 6.43 Å². The molecule has 2 nitrogen and oxygen atoms in total. The molecule has 0 bridgehead atoms. The number of hydrogen-bond donors (Lipinski definition) is 1. The standard InChI is InChI=1S/C14H12BrF2NO/c15-10-3-1-2-9(6-10)8-19-13-5-4-11(18)7-12(13)14(16)17/h1-7,14H,8,18H2. The molecular weight excluding hydrogens is 316 g/mol. The molecule has 0 saturated carbocycles. The molecule has 0 aliphatic rings. The van der Waals surface area contributed by atoms with E-state index < -0.39 is 6.43 Å². The smallest absolute Gasteiger partial charge is 0.267 e. The Hall–Kier alpha value is -1.62. The van der Waals surface area contributed by atoms with Crippen LogP contribution in [0.3, 0.4) is 0 Å². The van der Waals surface area contributed by atoms with E-state index in [1.165, 1.54) is 12.1 Å². The Morgan fingerprint density at radius 1 is 1.16 bits per heavy atom. The SMILES string of the molecule is Nc1ccc(OCc2cccc(Br)c2)c(C(F)F)c1. The lowest BCUT2D eigenvalue weighted by atomic mass is 10.2. The van der Waals surface area contributed by atoms with Crippen molar-refractivity contribution in [3.8, 4) is 5.75 Å². The first-order chi connectivity index (χ1) is 9.06. The molecule has 0 amide bonds. The van der Waals surface area contributed by atoms with Crippen LogP contribution in [0.25, 0.3) is 0 Å². The predicted octanol–water partition coefficient (Wildman–Crippen LogP) is 4.55. The summed E-state index contributed by atoms with van der Waals surface area (Å²) in [7, 11) is 0. The van der Waals surface area contributed by atoms with Crippen LogP contribution in [0.15, 0.2) is 46.9 Å². The predicted molar refractivity (Wildman–Crippen MR) is 74.3 cm³/mol. The summed E-state index contributed by atoms with van der Waals surface area (Å²) < 4.78 is 32.1. The maximum atomic E-state index is 12.9. The van der Waals surface area contributed by atoms with Gasteiger partial charge in [0.15, 0.2) is 0 Å². The summed E-state index contributed by atoms with van der Waals surface area (Å²) in [6.07, 6.45) is -2.61. The van der Waals surface area contributed by atoms with E-state index in [1.807, 2.05) is 24.3 Å². The fourth-order valence-electron chi connectivity index (χ4n) is 1.66. The Morgan fingerprint density at radius 2 is 1.95 bits per heavy atom. The largest absolute Gasteiger partial charge is 0.488 e. The summed E-state index contributed by atoms with van der Waals surface area (Å²) in [5, 5.41) is 0. The first kappa shape index (κ1) is 13.8. The molecule has 0 unspecified atom stereocenters. The van der Waals surface area contributed by atoms with Crippen molar-refractivity contribution in [2.75, 3.05) is 5.73 Å². The lowest BCUT2D eigenvalue weighted by molar-refractivity contribution is 0.144. The molecule has 0 aliphatic heterocycles. The van der Waals surface area contributed by atoms with Crippen molar-refractivity contribution in [2.24, 2.45) is 0 Å². The zero-order chi connectivity index (χ0) is 13.8. The van der Waals surface area contributed by atoms with Crippen LogP contribution in [0, 0.1) is 0 Å². The molecule has 0 radical (unpaired) electrons. The van der Waals surface area contributed by atoms with Gasteiger partial charge in [0.1, 0.15) is 12.4 Å². The highest BCUT2D eigenvalue weighted by molar-refractivity contribution is 9.10. The van der Waals surface area contributed by atoms with Gasteiger partial charge in [-0.25, -0.2) is 8.78 Å². The average molecular weight is 328 g/mol. The Morgan fingerprint density at radius 3 is 2.63 bits per heavy atom. The number of nitrogens with two attached hydrogens (primary N) is 1. The number of alkyl halides is 2. The van der Waals surface area contributed by atoms with Gasteiger partial charge in [-0.3, -0.25) is 0 Å². The number of ether oxygens (including phenoxy) is 1. The second-order valence-electron chi connectivity index (χ2n) is 4.02. The Bertz CT molecular complexity index is 575. The second kappa shape index (κ2) is 6.02. The van der Waals surface area contributed by atoms with E-state index in [4.69, 9.17) is 10.5 Å². The third kappa shape index (κ3) is 3.67. The highest BCUT2D eigenvalue weighted by Gasteiger charge is 2.14. The quantitative estimate of drug-likeness (QED) is 0.836. The van der Waals surface area contributed by atoms with Crippen LogP contribution in [-0.4, -0.2) is 0 Å². The number of hydrogen-bond acceptors (Lipinski definition) is 2. The van der Waals surface area contributed by atoms with E-state index in [1.54, 1.807) is 6.07 Å². The molecule has 0 spiro atoms. The fourth-order valence-corrected chi connectivity index (χ4v) is 2.10. The molecule has 2 aromatic rings. The maximum Gasteiger partial charge on any atom is 0.267 e. The number of benzene rings is 2. The zero-order valence-corrected chi connectivity index (χ0v) is 11.5. The molecular formula is C14H12BrF2NO. The van der Waals surface area contributed by atoms with Gasteiger partial charge in [0.05, 0.1) is 5.56 Å². The van der Waals surface area contributed by atoms with Crippen molar-refractivity contribution < 1.29 is 13.5 Å². The van der Waals surface area contributed by atoms with Crippen molar-refractivity contribution in [2.45, 2.75) is 13.0 Å². The van der Waals surface area contributed by atoms with E-state index in [9.17, 15) is 8.78 Å². The van der Waals surface area contributed by atoms with E-state index in [-0.39, 0.29) is 17.9 Å². The van der Waals surface area contributed by atoms with Crippen LogP contribution in [-0.2, 0) is 6.61 Å². The van der Waals surface area contributed by atoms with Crippen LogP contribution in [0.4, 0.5) is 14.5 Å². The van der Waals surface area contributed by atoms with Crippen LogP contribution >= 0.6 is 15.9 Å². The Kier molecular flexibility index (Phi) is 4.37. The first-order valence-electron chi connectivity index (χ1n) is 5.61. The normalized spacial score (nSPS) is 10.7. The minimum atomic E-state index is -2.61. The van der Waals surface area contributed by atoms with Crippen molar-refractivity contribution in [1.29, 1.82) is 0 Å². The Balaban J connectivity index is 2.15. The monoisotopic (exact) mass is 327 g/mol. The summed E-state index contributed by atoms with van der Waals surface area (Å²) in [5.74, 6) is 0.157. The molecule has 0 heterocycles. The summed E-state index contributed by atoms with van der Waals surface area (Å²) >= 11 is 3.34. The molecule has 0 aliphatic carbocycles. The molecule has 2 rings (SSSR count). The van der Waals surface area contributed by atoms with Crippen molar-refractivity contribution in [1.82, 2.24) is 0 Å². The van der Waals surface area contributed by atoms with E-state index >= 15 is 0 Å². The molecule has 2 N–H and O–H groups in total.